The molecule has 0 saturated heterocycles. The lowest BCUT2D eigenvalue weighted by Crippen LogP contribution is -2.44. The van der Waals surface area contributed by atoms with E-state index in [1.54, 1.807) is 12.2 Å². The molecular weight excluding hydrogens is 263 g/mol. The van der Waals surface area contributed by atoms with Gasteiger partial charge in [0, 0.05) is 19.5 Å². The first-order valence-corrected chi connectivity index (χ1v) is 5.96. The van der Waals surface area contributed by atoms with E-state index in [1.165, 1.54) is 7.05 Å². The van der Waals surface area contributed by atoms with Crippen LogP contribution >= 0.6 is 0 Å². The first-order chi connectivity index (χ1) is 8.67. The van der Waals surface area contributed by atoms with Gasteiger partial charge >= 0.3 is 6.18 Å². The topological polar surface area (TPSA) is 61.4 Å². The van der Waals surface area contributed by atoms with Crippen molar-refractivity contribution >= 4 is 11.8 Å². The summed E-state index contributed by atoms with van der Waals surface area (Å²) in [5, 5.41) is 4.70. The minimum absolute atomic E-state index is 0.289. The van der Waals surface area contributed by atoms with E-state index in [0.29, 0.717) is 13.1 Å². The van der Waals surface area contributed by atoms with Gasteiger partial charge in [0.15, 0.2) is 0 Å². The summed E-state index contributed by atoms with van der Waals surface area (Å²) in [7, 11) is 1.39. The van der Waals surface area contributed by atoms with Gasteiger partial charge in [0.25, 0.3) is 0 Å². The van der Waals surface area contributed by atoms with Crippen LogP contribution in [0.2, 0.25) is 0 Å². The number of amides is 2. The SMILES string of the molecule is CCNCC(C)C(=O)N(C)CC(=O)NCC(F)(F)F. The minimum Gasteiger partial charge on any atom is -0.345 e. The van der Waals surface area contributed by atoms with Crippen molar-refractivity contribution in [1.29, 1.82) is 0 Å². The zero-order valence-corrected chi connectivity index (χ0v) is 11.3. The second-order valence-electron chi connectivity index (χ2n) is 4.29. The summed E-state index contributed by atoms with van der Waals surface area (Å²) in [4.78, 5) is 24.1. The normalized spacial score (nSPS) is 12.9. The summed E-state index contributed by atoms with van der Waals surface area (Å²) in [6.07, 6.45) is -4.45. The molecule has 0 fully saturated rings. The summed E-state index contributed by atoms with van der Waals surface area (Å²) in [6.45, 7) is 2.99. The van der Waals surface area contributed by atoms with Crippen LogP contribution in [0.15, 0.2) is 0 Å². The standard InChI is InChI=1S/C11H20F3N3O2/c1-4-15-5-8(2)10(19)17(3)6-9(18)16-7-11(12,13)14/h8,15H,4-7H2,1-3H3,(H,16,18). The number of hydrogen-bond donors (Lipinski definition) is 2. The number of carbonyl (C=O) groups is 2. The second kappa shape index (κ2) is 7.98. The molecule has 112 valence electrons. The van der Waals surface area contributed by atoms with Gasteiger partial charge in [-0.15, -0.1) is 0 Å². The Balaban J connectivity index is 4.10. The van der Waals surface area contributed by atoms with Crippen molar-refractivity contribution in [1.82, 2.24) is 15.5 Å². The molecule has 0 aromatic carbocycles. The van der Waals surface area contributed by atoms with Crippen molar-refractivity contribution in [2.24, 2.45) is 5.92 Å². The fourth-order valence-corrected chi connectivity index (χ4v) is 1.37. The van der Waals surface area contributed by atoms with Crippen LogP contribution in [-0.4, -0.2) is 56.1 Å². The Morgan fingerprint density at radius 1 is 1.32 bits per heavy atom. The van der Waals surface area contributed by atoms with Crippen molar-refractivity contribution in [2.75, 3.05) is 33.2 Å². The summed E-state index contributed by atoms with van der Waals surface area (Å²) >= 11 is 0. The van der Waals surface area contributed by atoms with Crippen molar-refractivity contribution in [3.05, 3.63) is 0 Å². The Bertz CT molecular complexity index is 308. The monoisotopic (exact) mass is 283 g/mol. The molecule has 0 radical (unpaired) electrons. The molecule has 0 aromatic heterocycles. The van der Waals surface area contributed by atoms with Gasteiger partial charge in [-0.1, -0.05) is 13.8 Å². The molecular formula is C11H20F3N3O2. The Morgan fingerprint density at radius 2 is 1.89 bits per heavy atom. The van der Waals surface area contributed by atoms with Gasteiger partial charge in [-0.2, -0.15) is 13.2 Å². The molecule has 5 nitrogen and oxygen atoms in total. The van der Waals surface area contributed by atoms with E-state index < -0.39 is 18.6 Å². The van der Waals surface area contributed by atoms with Gasteiger partial charge in [-0.3, -0.25) is 9.59 Å². The average Bonchev–Trinajstić information content (AvgIpc) is 2.31. The minimum atomic E-state index is -4.45. The molecule has 0 spiro atoms. The molecule has 0 aromatic rings. The first-order valence-electron chi connectivity index (χ1n) is 5.96. The molecule has 0 rings (SSSR count). The van der Waals surface area contributed by atoms with Gasteiger partial charge in [-0.25, -0.2) is 0 Å². The lowest BCUT2D eigenvalue weighted by molar-refractivity contribution is -0.142. The van der Waals surface area contributed by atoms with Gasteiger partial charge in [0.1, 0.15) is 6.54 Å². The predicted molar refractivity (Wildman–Crippen MR) is 64.4 cm³/mol. The summed E-state index contributed by atoms with van der Waals surface area (Å²) in [5.41, 5.74) is 0. The molecule has 2 amide bonds. The Labute approximate surface area is 110 Å². The van der Waals surface area contributed by atoms with Gasteiger partial charge in [-0.05, 0) is 6.54 Å². The van der Waals surface area contributed by atoms with Crippen LogP contribution < -0.4 is 10.6 Å². The van der Waals surface area contributed by atoms with Crippen molar-refractivity contribution in [3.63, 3.8) is 0 Å². The molecule has 1 atom stereocenters. The highest BCUT2D eigenvalue weighted by molar-refractivity contribution is 5.85. The maximum Gasteiger partial charge on any atom is 0.405 e. The van der Waals surface area contributed by atoms with Crippen molar-refractivity contribution in [3.8, 4) is 0 Å². The predicted octanol–water partition coefficient (Wildman–Crippen LogP) is 0.369. The average molecular weight is 283 g/mol. The van der Waals surface area contributed by atoms with Crippen LogP contribution in [0.5, 0.6) is 0 Å². The number of halogens is 3. The summed E-state index contributed by atoms with van der Waals surface area (Å²) < 4.78 is 35.6. The van der Waals surface area contributed by atoms with Crippen LogP contribution in [0.1, 0.15) is 13.8 Å². The van der Waals surface area contributed by atoms with Crippen molar-refractivity contribution < 1.29 is 22.8 Å². The number of alkyl halides is 3. The maximum atomic E-state index is 11.9. The number of nitrogens with one attached hydrogen (secondary N) is 2. The number of carbonyl (C=O) groups excluding carboxylic acids is 2. The largest absolute Gasteiger partial charge is 0.405 e. The first kappa shape index (κ1) is 17.7. The van der Waals surface area contributed by atoms with Crippen LogP contribution in [0.4, 0.5) is 13.2 Å². The van der Waals surface area contributed by atoms with E-state index >= 15 is 0 Å². The van der Waals surface area contributed by atoms with Gasteiger partial charge < -0.3 is 15.5 Å². The zero-order chi connectivity index (χ0) is 15.1. The van der Waals surface area contributed by atoms with E-state index in [4.69, 9.17) is 0 Å². The number of likely N-dealkylation sites (N-methyl/N-ethyl adjacent to an activating group) is 1. The molecule has 0 heterocycles. The highest BCUT2D eigenvalue weighted by Gasteiger charge is 2.28. The van der Waals surface area contributed by atoms with E-state index in [1.807, 2.05) is 6.92 Å². The fourth-order valence-electron chi connectivity index (χ4n) is 1.37. The quantitative estimate of drug-likeness (QED) is 0.709. The molecule has 19 heavy (non-hydrogen) atoms. The second-order valence-corrected chi connectivity index (χ2v) is 4.29. The molecule has 8 heteroatoms. The Morgan fingerprint density at radius 3 is 2.37 bits per heavy atom. The number of hydrogen-bond acceptors (Lipinski definition) is 3. The summed E-state index contributed by atoms with van der Waals surface area (Å²) in [5.74, 6) is -1.45. The Hall–Kier alpha value is -1.31. The molecule has 0 saturated carbocycles. The molecule has 2 N–H and O–H groups in total. The Kier molecular flexibility index (Phi) is 7.43. The maximum absolute atomic E-state index is 11.9. The third-order valence-electron chi connectivity index (χ3n) is 2.37. The van der Waals surface area contributed by atoms with Gasteiger partial charge in [0.2, 0.25) is 11.8 Å². The summed E-state index contributed by atoms with van der Waals surface area (Å²) in [6, 6.07) is 0. The molecule has 1 unspecified atom stereocenters. The number of rotatable bonds is 7. The van der Waals surface area contributed by atoms with Crippen LogP contribution in [0, 0.1) is 5.92 Å². The number of nitrogens with zero attached hydrogens (tertiary/aromatic N) is 1. The van der Waals surface area contributed by atoms with Crippen LogP contribution in [0.25, 0.3) is 0 Å². The van der Waals surface area contributed by atoms with Crippen molar-refractivity contribution in [2.45, 2.75) is 20.0 Å². The third-order valence-corrected chi connectivity index (χ3v) is 2.37. The zero-order valence-electron chi connectivity index (χ0n) is 11.3. The molecule has 0 aliphatic rings. The fraction of sp³-hybridized carbons (Fsp3) is 0.818. The van der Waals surface area contributed by atoms with E-state index in [9.17, 15) is 22.8 Å². The van der Waals surface area contributed by atoms with E-state index in [-0.39, 0.29) is 18.4 Å². The molecule has 0 bridgehead atoms. The van der Waals surface area contributed by atoms with Crippen LogP contribution in [0.3, 0.4) is 0 Å². The highest BCUT2D eigenvalue weighted by Crippen LogP contribution is 2.12. The van der Waals surface area contributed by atoms with E-state index in [0.717, 1.165) is 4.90 Å². The third kappa shape index (κ3) is 8.41. The van der Waals surface area contributed by atoms with E-state index in [2.05, 4.69) is 5.32 Å². The highest BCUT2D eigenvalue weighted by atomic mass is 19.4. The molecule has 0 aliphatic carbocycles. The lowest BCUT2D eigenvalue weighted by atomic mass is 10.1. The van der Waals surface area contributed by atoms with Crippen LogP contribution in [-0.2, 0) is 9.59 Å². The molecule has 0 aliphatic heterocycles. The van der Waals surface area contributed by atoms with Gasteiger partial charge in [0.05, 0.1) is 6.54 Å². The lowest BCUT2D eigenvalue weighted by Gasteiger charge is -2.21. The smallest absolute Gasteiger partial charge is 0.345 e.